The Kier molecular flexibility index (Phi) is 5.49. The fourth-order valence-electron chi connectivity index (χ4n) is 2.74. The number of carbonyl (C=O) groups excluding carboxylic acids is 2. The van der Waals surface area contributed by atoms with Crippen molar-refractivity contribution in [3.05, 3.63) is 29.6 Å². The molecule has 0 aliphatic carbocycles. The van der Waals surface area contributed by atoms with E-state index in [0.29, 0.717) is 19.4 Å². The van der Waals surface area contributed by atoms with Gasteiger partial charge in [-0.15, -0.1) is 0 Å². The van der Waals surface area contributed by atoms with Gasteiger partial charge in [-0.3, -0.25) is 19.5 Å². The van der Waals surface area contributed by atoms with Gasteiger partial charge in [0.2, 0.25) is 11.8 Å². The van der Waals surface area contributed by atoms with E-state index in [9.17, 15) is 9.59 Å². The van der Waals surface area contributed by atoms with Crippen LogP contribution in [0.3, 0.4) is 0 Å². The maximum Gasteiger partial charge on any atom is 0.236 e. The van der Waals surface area contributed by atoms with E-state index in [0.717, 1.165) is 30.8 Å². The monoisotopic (exact) mass is 304 g/mol. The van der Waals surface area contributed by atoms with Gasteiger partial charge in [0, 0.05) is 26.2 Å². The van der Waals surface area contributed by atoms with Crippen LogP contribution in [0.1, 0.15) is 36.7 Å². The van der Waals surface area contributed by atoms with Crippen LogP contribution in [-0.2, 0) is 16.0 Å². The summed E-state index contributed by atoms with van der Waals surface area (Å²) in [5.74, 6) is -0.206. The molecular formula is C16H24N4O2. The summed E-state index contributed by atoms with van der Waals surface area (Å²) in [6.45, 7) is 1.34. The summed E-state index contributed by atoms with van der Waals surface area (Å²) >= 11 is 0. The van der Waals surface area contributed by atoms with Gasteiger partial charge in [-0.1, -0.05) is 6.07 Å². The fraction of sp³-hybridized carbons (Fsp3) is 0.562. The van der Waals surface area contributed by atoms with Gasteiger partial charge >= 0.3 is 0 Å². The molecule has 22 heavy (non-hydrogen) atoms. The molecule has 1 aliphatic rings. The van der Waals surface area contributed by atoms with Crippen molar-refractivity contribution >= 4 is 11.8 Å². The zero-order chi connectivity index (χ0) is 16.1. The van der Waals surface area contributed by atoms with Gasteiger partial charge in [-0.2, -0.15) is 0 Å². The van der Waals surface area contributed by atoms with E-state index < -0.39 is 0 Å². The Bertz CT molecular complexity index is 545. The SMILES string of the molecule is CN(C)C(=O)CN1CCC[C@H]1c1cccc(CCC(N)=O)n1. The average Bonchev–Trinajstić information content (AvgIpc) is 2.93. The lowest BCUT2D eigenvalue weighted by atomic mass is 10.1. The number of rotatable bonds is 6. The lowest BCUT2D eigenvalue weighted by molar-refractivity contribution is -0.130. The molecule has 2 N–H and O–H groups in total. The zero-order valence-electron chi connectivity index (χ0n) is 13.3. The van der Waals surface area contributed by atoms with E-state index in [2.05, 4.69) is 9.88 Å². The standard InChI is InChI=1S/C16H24N4O2/c1-19(2)16(22)11-20-10-4-7-14(20)13-6-3-5-12(18-13)8-9-15(17)21/h3,5-6,14H,4,7-11H2,1-2H3,(H2,17,21)/t14-/m0/s1. The van der Waals surface area contributed by atoms with Crippen molar-refractivity contribution in [3.63, 3.8) is 0 Å². The second-order valence-electron chi connectivity index (χ2n) is 5.94. The average molecular weight is 304 g/mol. The number of amides is 2. The highest BCUT2D eigenvalue weighted by Gasteiger charge is 2.29. The smallest absolute Gasteiger partial charge is 0.236 e. The molecule has 1 fully saturated rings. The van der Waals surface area contributed by atoms with E-state index in [1.54, 1.807) is 19.0 Å². The first-order valence-electron chi connectivity index (χ1n) is 7.65. The minimum Gasteiger partial charge on any atom is -0.370 e. The predicted octanol–water partition coefficient (Wildman–Crippen LogP) is 0.725. The second-order valence-corrected chi connectivity index (χ2v) is 5.94. The van der Waals surface area contributed by atoms with Crippen molar-refractivity contribution in [2.45, 2.75) is 31.7 Å². The van der Waals surface area contributed by atoms with Gasteiger partial charge < -0.3 is 10.6 Å². The third-order valence-electron chi connectivity index (χ3n) is 4.00. The largest absolute Gasteiger partial charge is 0.370 e. The Morgan fingerprint density at radius 1 is 1.41 bits per heavy atom. The lowest BCUT2D eigenvalue weighted by Crippen LogP contribution is -2.36. The van der Waals surface area contributed by atoms with Crippen molar-refractivity contribution in [2.24, 2.45) is 5.73 Å². The number of hydrogen-bond acceptors (Lipinski definition) is 4. The van der Waals surface area contributed by atoms with Gasteiger partial charge in [0.25, 0.3) is 0 Å². The first-order chi connectivity index (χ1) is 10.5. The Balaban J connectivity index is 2.07. The van der Waals surface area contributed by atoms with Crippen LogP contribution in [0.5, 0.6) is 0 Å². The van der Waals surface area contributed by atoms with Gasteiger partial charge in [-0.05, 0) is 37.9 Å². The van der Waals surface area contributed by atoms with Gasteiger partial charge in [-0.25, -0.2) is 0 Å². The van der Waals surface area contributed by atoms with Crippen molar-refractivity contribution in [3.8, 4) is 0 Å². The quantitative estimate of drug-likeness (QED) is 0.840. The number of nitrogens with zero attached hydrogens (tertiary/aromatic N) is 3. The number of nitrogens with two attached hydrogens (primary N) is 1. The molecule has 6 nitrogen and oxygen atoms in total. The Morgan fingerprint density at radius 2 is 2.18 bits per heavy atom. The molecule has 2 heterocycles. The summed E-state index contributed by atoms with van der Waals surface area (Å²) < 4.78 is 0. The minimum absolute atomic E-state index is 0.108. The number of pyridine rings is 1. The highest BCUT2D eigenvalue weighted by molar-refractivity contribution is 5.77. The number of aromatic nitrogens is 1. The third kappa shape index (κ3) is 4.27. The van der Waals surface area contributed by atoms with Crippen LogP contribution in [0.2, 0.25) is 0 Å². The Hall–Kier alpha value is -1.95. The molecular weight excluding hydrogens is 280 g/mol. The van der Waals surface area contributed by atoms with Crippen LogP contribution < -0.4 is 5.73 Å². The van der Waals surface area contributed by atoms with Crippen LogP contribution >= 0.6 is 0 Å². The Morgan fingerprint density at radius 3 is 2.86 bits per heavy atom. The van der Waals surface area contributed by atoms with Crippen molar-refractivity contribution in [1.82, 2.24) is 14.8 Å². The molecule has 1 aromatic heterocycles. The first kappa shape index (κ1) is 16.4. The van der Waals surface area contributed by atoms with Crippen molar-refractivity contribution in [1.29, 1.82) is 0 Å². The summed E-state index contributed by atoms with van der Waals surface area (Å²) in [4.78, 5) is 31.3. The van der Waals surface area contributed by atoms with Gasteiger partial charge in [0.15, 0.2) is 0 Å². The molecule has 1 saturated heterocycles. The number of hydrogen-bond donors (Lipinski definition) is 1. The number of primary amides is 1. The molecule has 0 bridgehead atoms. The summed E-state index contributed by atoms with van der Waals surface area (Å²) in [5, 5.41) is 0. The third-order valence-corrected chi connectivity index (χ3v) is 4.00. The summed E-state index contributed by atoms with van der Waals surface area (Å²) in [6.07, 6.45) is 2.95. The molecule has 0 radical (unpaired) electrons. The maximum atomic E-state index is 11.9. The first-order valence-corrected chi connectivity index (χ1v) is 7.65. The number of aryl methyl sites for hydroxylation is 1. The van der Waals surface area contributed by atoms with Crippen LogP contribution in [0, 0.1) is 0 Å². The van der Waals surface area contributed by atoms with E-state index in [1.165, 1.54) is 0 Å². The summed E-state index contributed by atoms with van der Waals surface area (Å²) in [5.41, 5.74) is 7.04. The maximum absolute atomic E-state index is 11.9. The van der Waals surface area contributed by atoms with Crippen LogP contribution in [-0.4, -0.2) is 53.8 Å². The fourth-order valence-corrected chi connectivity index (χ4v) is 2.74. The number of likely N-dealkylation sites (tertiary alicyclic amines) is 1. The summed E-state index contributed by atoms with van der Waals surface area (Å²) in [6, 6.07) is 6.05. The zero-order valence-corrected chi connectivity index (χ0v) is 13.3. The van der Waals surface area contributed by atoms with Crippen molar-refractivity contribution < 1.29 is 9.59 Å². The summed E-state index contributed by atoms with van der Waals surface area (Å²) in [7, 11) is 3.55. The molecule has 2 amide bonds. The molecule has 0 spiro atoms. The molecule has 0 unspecified atom stereocenters. The van der Waals surface area contributed by atoms with Crippen LogP contribution in [0.15, 0.2) is 18.2 Å². The molecule has 6 heteroatoms. The molecule has 2 rings (SSSR count). The topological polar surface area (TPSA) is 79.5 Å². The van der Waals surface area contributed by atoms with Crippen LogP contribution in [0.4, 0.5) is 0 Å². The molecule has 0 aromatic carbocycles. The van der Waals surface area contributed by atoms with Gasteiger partial charge in [0.05, 0.1) is 18.3 Å². The highest BCUT2D eigenvalue weighted by Crippen LogP contribution is 2.30. The van der Waals surface area contributed by atoms with Gasteiger partial charge in [0.1, 0.15) is 0 Å². The normalized spacial score (nSPS) is 18.4. The van der Waals surface area contributed by atoms with E-state index in [1.807, 2.05) is 18.2 Å². The number of carbonyl (C=O) groups is 2. The molecule has 1 atom stereocenters. The van der Waals surface area contributed by atoms with E-state index in [-0.39, 0.29) is 17.9 Å². The second kappa shape index (κ2) is 7.35. The molecule has 0 saturated carbocycles. The predicted molar refractivity (Wildman–Crippen MR) is 84.0 cm³/mol. The number of likely N-dealkylation sites (N-methyl/N-ethyl adjacent to an activating group) is 1. The Labute approximate surface area is 131 Å². The lowest BCUT2D eigenvalue weighted by Gasteiger charge is -2.25. The van der Waals surface area contributed by atoms with E-state index >= 15 is 0 Å². The van der Waals surface area contributed by atoms with E-state index in [4.69, 9.17) is 5.73 Å². The van der Waals surface area contributed by atoms with Crippen molar-refractivity contribution in [2.75, 3.05) is 27.2 Å². The molecule has 120 valence electrons. The molecule has 1 aliphatic heterocycles. The van der Waals surface area contributed by atoms with Crippen LogP contribution in [0.25, 0.3) is 0 Å². The highest BCUT2D eigenvalue weighted by atomic mass is 16.2. The minimum atomic E-state index is -0.314. The molecule has 1 aromatic rings.